The van der Waals surface area contributed by atoms with Crippen LogP contribution in [0.15, 0.2) is 48.5 Å². The Kier molecular flexibility index (Phi) is 10.1. The maximum Gasteiger partial charge on any atom is 0.243 e. The Balaban J connectivity index is 1.76. The molecule has 2 aromatic rings. The molecule has 1 N–H and O–H groups in total. The standard InChI is InChI=1S/C29H41N3O4S/c1-5-26(29(34)30-25-12-7-8-13-25)31(21-24-18-16-22(2)17-19-24)28(33)15-10-20-32(37(4,35)36)27-14-9-6-11-23(27)3/h6,9,11,14,16-19,25-26H,5,7-8,10,12-13,15,20-21H2,1-4H3,(H,30,34). The lowest BCUT2D eigenvalue weighted by atomic mass is 10.1. The maximum absolute atomic E-state index is 13.6. The molecule has 202 valence electrons. The number of carbonyl (C=O) groups excluding carboxylic acids is 2. The highest BCUT2D eigenvalue weighted by molar-refractivity contribution is 7.92. The highest BCUT2D eigenvalue weighted by Gasteiger charge is 2.30. The minimum absolute atomic E-state index is 0.104. The van der Waals surface area contributed by atoms with Gasteiger partial charge in [-0.25, -0.2) is 8.42 Å². The van der Waals surface area contributed by atoms with Crippen LogP contribution in [0.3, 0.4) is 0 Å². The van der Waals surface area contributed by atoms with Gasteiger partial charge in [0.15, 0.2) is 0 Å². The fourth-order valence-corrected chi connectivity index (χ4v) is 6.03. The molecule has 1 aliphatic rings. The molecule has 1 atom stereocenters. The summed E-state index contributed by atoms with van der Waals surface area (Å²) in [6.45, 7) is 6.34. The van der Waals surface area contributed by atoms with E-state index in [-0.39, 0.29) is 30.8 Å². The van der Waals surface area contributed by atoms with Crippen molar-refractivity contribution in [2.24, 2.45) is 0 Å². The Bertz CT molecular complexity index is 1160. The van der Waals surface area contributed by atoms with Crippen LogP contribution in [0.1, 0.15) is 68.6 Å². The van der Waals surface area contributed by atoms with Gasteiger partial charge in [0.05, 0.1) is 11.9 Å². The first-order valence-corrected chi connectivity index (χ1v) is 15.1. The molecule has 0 bridgehead atoms. The second-order valence-corrected chi connectivity index (χ2v) is 12.1. The molecule has 0 aliphatic heterocycles. The van der Waals surface area contributed by atoms with Gasteiger partial charge in [-0.2, -0.15) is 0 Å². The monoisotopic (exact) mass is 527 g/mol. The number of nitrogens with one attached hydrogen (secondary N) is 1. The van der Waals surface area contributed by atoms with Gasteiger partial charge in [-0.3, -0.25) is 13.9 Å². The first-order valence-electron chi connectivity index (χ1n) is 13.3. The fraction of sp³-hybridized carbons (Fsp3) is 0.517. The van der Waals surface area contributed by atoms with Crippen molar-refractivity contribution in [3.8, 4) is 0 Å². The zero-order valence-electron chi connectivity index (χ0n) is 22.6. The van der Waals surface area contributed by atoms with Crippen LogP contribution >= 0.6 is 0 Å². The van der Waals surface area contributed by atoms with Crippen molar-refractivity contribution in [1.82, 2.24) is 10.2 Å². The molecule has 1 unspecified atom stereocenters. The number of para-hydroxylation sites is 1. The van der Waals surface area contributed by atoms with E-state index >= 15 is 0 Å². The van der Waals surface area contributed by atoms with E-state index < -0.39 is 16.1 Å². The second-order valence-electron chi connectivity index (χ2n) is 10.1. The first kappa shape index (κ1) is 28.7. The van der Waals surface area contributed by atoms with E-state index in [4.69, 9.17) is 0 Å². The Morgan fingerprint density at radius 1 is 1.03 bits per heavy atom. The van der Waals surface area contributed by atoms with Gasteiger partial charge in [-0.15, -0.1) is 0 Å². The van der Waals surface area contributed by atoms with Crippen LogP contribution in [-0.4, -0.2) is 50.0 Å². The zero-order valence-corrected chi connectivity index (χ0v) is 23.4. The number of benzene rings is 2. The molecule has 7 nitrogen and oxygen atoms in total. The maximum atomic E-state index is 13.6. The number of aryl methyl sites for hydroxylation is 2. The van der Waals surface area contributed by atoms with Crippen LogP contribution in [0.25, 0.3) is 0 Å². The van der Waals surface area contributed by atoms with Crippen LogP contribution in [0.4, 0.5) is 5.69 Å². The molecule has 0 heterocycles. The highest BCUT2D eigenvalue weighted by Crippen LogP contribution is 2.23. The number of anilines is 1. The third-order valence-electron chi connectivity index (χ3n) is 7.10. The third-order valence-corrected chi connectivity index (χ3v) is 8.28. The number of rotatable bonds is 12. The topological polar surface area (TPSA) is 86.8 Å². The number of carbonyl (C=O) groups is 2. The summed E-state index contributed by atoms with van der Waals surface area (Å²) >= 11 is 0. The molecule has 2 aromatic carbocycles. The Morgan fingerprint density at radius 3 is 2.27 bits per heavy atom. The lowest BCUT2D eigenvalue weighted by Gasteiger charge is -2.32. The molecule has 2 amide bonds. The molecule has 0 aromatic heterocycles. The quantitative estimate of drug-likeness (QED) is 0.433. The van der Waals surface area contributed by atoms with Gasteiger partial charge in [-0.1, -0.05) is 67.8 Å². The predicted octanol–water partition coefficient (Wildman–Crippen LogP) is 4.72. The van der Waals surface area contributed by atoms with Gasteiger partial charge >= 0.3 is 0 Å². The van der Waals surface area contributed by atoms with Crippen molar-refractivity contribution in [3.05, 3.63) is 65.2 Å². The van der Waals surface area contributed by atoms with E-state index in [1.807, 2.05) is 63.2 Å². The van der Waals surface area contributed by atoms with Gasteiger partial charge in [-0.05, 0) is 56.7 Å². The molecule has 37 heavy (non-hydrogen) atoms. The first-order chi connectivity index (χ1) is 17.6. The molecular formula is C29H41N3O4S. The lowest BCUT2D eigenvalue weighted by Crippen LogP contribution is -2.51. The van der Waals surface area contributed by atoms with Gasteiger partial charge in [0.1, 0.15) is 6.04 Å². The molecule has 1 aliphatic carbocycles. The number of nitrogens with zero attached hydrogens (tertiary/aromatic N) is 2. The second kappa shape index (κ2) is 13.1. The summed E-state index contributed by atoms with van der Waals surface area (Å²) in [5.74, 6) is -0.250. The smallest absolute Gasteiger partial charge is 0.243 e. The molecule has 8 heteroatoms. The largest absolute Gasteiger partial charge is 0.352 e. The third kappa shape index (κ3) is 8.06. The molecule has 3 rings (SSSR count). The number of hydrogen-bond donors (Lipinski definition) is 1. The molecule has 1 saturated carbocycles. The van der Waals surface area contributed by atoms with Crippen LogP contribution in [0.5, 0.6) is 0 Å². The van der Waals surface area contributed by atoms with Crippen molar-refractivity contribution in [2.45, 2.75) is 84.3 Å². The van der Waals surface area contributed by atoms with Gasteiger partial charge < -0.3 is 10.2 Å². The average Bonchev–Trinajstić information content (AvgIpc) is 3.36. The zero-order chi connectivity index (χ0) is 27.0. The van der Waals surface area contributed by atoms with Crippen LogP contribution in [0.2, 0.25) is 0 Å². The van der Waals surface area contributed by atoms with Crippen molar-refractivity contribution < 1.29 is 18.0 Å². The van der Waals surface area contributed by atoms with E-state index in [0.717, 1.165) is 42.4 Å². The number of amides is 2. The molecule has 0 spiro atoms. The molecule has 0 radical (unpaired) electrons. The lowest BCUT2D eigenvalue weighted by molar-refractivity contribution is -0.141. The summed E-state index contributed by atoms with van der Waals surface area (Å²) in [5.41, 5.74) is 3.57. The number of hydrogen-bond acceptors (Lipinski definition) is 4. The van der Waals surface area contributed by atoms with E-state index in [1.165, 1.54) is 10.6 Å². The van der Waals surface area contributed by atoms with Gasteiger partial charge in [0, 0.05) is 25.6 Å². The fourth-order valence-electron chi connectivity index (χ4n) is 5.00. The van der Waals surface area contributed by atoms with Crippen molar-refractivity contribution in [2.75, 3.05) is 17.1 Å². The van der Waals surface area contributed by atoms with Gasteiger partial charge in [0.2, 0.25) is 21.8 Å². The Hall–Kier alpha value is -2.87. The van der Waals surface area contributed by atoms with E-state index in [0.29, 0.717) is 25.1 Å². The van der Waals surface area contributed by atoms with Crippen LogP contribution in [0, 0.1) is 13.8 Å². The summed E-state index contributed by atoms with van der Waals surface area (Å²) in [7, 11) is -3.51. The molecule has 0 saturated heterocycles. The van der Waals surface area contributed by atoms with Crippen LogP contribution in [-0.2, 0) is 26.2 Å². The predicted molar refractivity (Wildman–Crippen MR) is 149 cm³/mol. The normalized spacial score (nSPS) is 14.8. The minimum Gasteiger partial charge on any atom is -0.352 e. The van der Waals surface area contributed by atoms with Gasteiger partial charge in [0.25, 0.3) is 0 Å². The molecule has 1 fully saturated rings. The molecular weight excluding hydrogens is 486 g/mol. The van der Waals surface area contributed by atoms with E-state index in [9.17, 15) is 18.0 Å². The average molecular weight is 528 g/mol. The Morgan fingerprint density at radius 2 is 1.68 bits per heavy atom. The highest BCUT2D eigenvalue weighted by atomic mass is 32.2. The van der Waals surface area contributed by atoms with E-state index in [2.05, 4.69) is 5.32 Å². The minimum atomic E-state index is -3.51. The number of sulfonamides is 1. The summed E-state index contributed by atoms with van der Waals surface area (Å²) in [6.07, 6.45) is 6.39. The summed E-state index contributed by atoms with van der Waals surface area (Å²) in [4.78, 5) is 28.5. The van der Waals surface area contributed by atoms with E-state index in [1.54, 1.807) is 11.0 Å². The Labute approximate surface area is 222 Å². The summed E-state index contributed by atoms with van der Waals surface area (Å²) in [5, 5.41) is 3.16. The summed E-state index contributed by atoms with van der Waals surface area (Å²) in [6, 6.07) is 14.9. The van der Waals surface area contributed by atoms with Crippen molar-refractivity contribution >= 4 is 27.5 Å². The summed E-state index contributed by atoms with van der Waals surface area (Å²) < 4.78 is 26.5. The SMILES string of the molecule is CCC(C(=O)NC1CCCC1)N(Cc1ccc(C)cc1)C(=O)CCCN(c1ccccc1C)S(C)(=O)=O. The van der Waals surface area contributed by atoms with Crippen molar-refractivity contribution in [1.29, 1.82) is 0 Å². The van der Waals surface area contributed by atoms with Crippen molar-refractivity contribution in [3.63, 3.8) is 0 Å². The van der Waals surface area contributed by atoms with Crippen LogP contribution < -0.4 is 9.62 Å².